The first-order valence-corrected chi connectivity index (χ1v) is 3.19. The van der Waals surface area contributed by atoms with Gasteiger partial charge in [0.1, 0.15) is 0 Å². The topological polar surface area (TPSA) is 17.3 Å². The Morgan fingerprint density at radius 1 is 1.42 bits per heavy atom. The quantitative estimate of drug-likeness (QED) is 0.589. The van der Waals surface area contributed by atoms with Gasteiger partial charge in [0.15, 0.2) is 0 Å². The minimum atomic E-state index is 0. The van der Waals surface area contributed by atoms with Crippen molar-refractivity contribution in [2.24, 2.45) is 0 Å². The third kappa shape index (κ3) is 1.71. The molecule has 0 N–H and O–H groups in total. The molecule has 0 amide bonds. The molecule has 0 atom stereocenters. The summed E-state index contributed by atoms with van der Waals surface area (Å²) >= 11 is 0. The number of pyridine rings is 1. The second kappa shape index (κ2) is 4.34. The molecule has 0 aliphatic heterocycles. The first-order chi connectivity index (χ1) is 4.88. The Labute approximate surface area is 84.5 Å². The summed E-state index contributed by atoms with van der Waals surface area (Å²) in [6.07, 6.45) is 1.68. The van der Waals surface area contributed by atoms with E-state index >= 15 is 0 Å². The van der Waals surface area contributed by atoms with Crippen LogP contribution in [0.4, 0.5) is 0 Å². The van der Waals surface area contributed by atoms with Crippen LogP contribution in [0.1, 0.15) is 5.69 Å². The van der Waals surface area contributed by atoms with Crippen molar-refractivity contribution in [3.05, 3.63) is 43.6 Å². The summed E-state index contributed by atoms with van der Waals surface area (Å²) in [4.78, 5) is 0. The molecule has 3 heteroatoms. The average molecular weight is 197 g/mol. The average Bonchev–Trinajstić information content (AvgIpc) is 2.36. The van der Waals surface area contributed by atoms with E-state index in [1.165, 1.54) is 0 Å². The van der Waals surface area contributed by atoms with Gasteiger partial charge >= 0.3 is 18.6 Å². The van der Waals surface area contributed by atoms with Crippen LogP contribution in [-0.2, 0) is 18.6 Å². The molecule has 0 spiro atoms. The van der Waals surface area contributed by atoms with E-state index in [2.05, 4.69) is 11.2 Å². The largest absolute Gasteiger partial charge is 2.00 e. The molecule has 1 radical (unpaired) electrons. The van der Waals surface area contributed by atoms with E-state index in [0.717, 1.165) is 11.2 Å². The van der Waals surface area contributed by atoms with Crippen LogP contribution >= 0.6 is 0 Å². The Hall–Kier alpha value is -0.726. The fourth-order valence-electron chi connectivity index (χ4n) is 1.02. The first-order valence-electron chi connectivity index (χ1n) is 3.19. The molecule has 2 rings (SSSR count). The summed E-state index contributed by atoms with van der Waals surface area (Å²) < 4.78 is 1.86. The molecule has 0 aromatic carbocycles. The molecular formula is C9H10N2V. The molecule has 0 unspecified atom stereocenters. The third-order valence-electron chi connectivity index (χ3n) is 1.54. The maximum atomic E-state index is 4.08. The molecule has 0 fully saturated rings. The summed E-state index contributed by atoms with van der Waals surface area (Å²) in [7, 11) is 0. The Morgan fingerprint density at radius 3 is 2.83 bits per heavy atom. The third-order valence-corrected chi connectivity index (χ3v) is 1.54. The summed E-state index contributed by atoms with van der Waals surface area (Å²) in [6, 6.07) is 9.02. The van der Waals surface area contributed by atoms with Gasteiger partial charge in [0, 0.05) is 5.69 Å². The van der Waals surface area contributed by atoms with Crippen molar-refractivity contribution in [1.29, 1.82) is 0 Å². The van der Waals surface area contributed by atoms with Gasteiger partial charge in [-0.3, -0.25) is 4.52 Å². The fraction of sp³-hybridized carbons (Fsp3) is 0.111. The van der Waals surface area contributed by atoms with Gasteiger partial charge < -0.3 is 7.43 Å². The van der Waals surface area contributed by atoms with E-state index in [1.807, 2.05) is 29.6 Å². The van der Waals surface area contributed by atoms with Gasteiger partial charge in [-0.1, -0.05) is 6.07 Å². The van der Waals surface area contributed by atoms with Gasteiger partial charge in [-0.2, -0.15) is 11.2 Å². The molecule has 0 saturated heterocycles. The summed E-state index contributed by atoms with van der Waals surface area (Å²) in [6.45, 7) is 2.02. The minimum Gasteiger partial charge on any atom is -0.358 e. The number of aryl methyl sites for hydroxylation is 1. The predicted molar refractivity (Wildman–Crippen MR) is 45.2 cm³/mol. The number of hydrogen-bond acceptors (Lipinski definition) is 1. The number of aromatic nitrogens is 2. The minimum absolute atomic E-state index is 0. The van der Waals surface area contributed by atoms with Crippen molar-refractivity contribution in [3.8, 4) is 0 Å². The zero-order chi connectivity index (χ0) is 6.97. The molecule has 2 nitrogen and oxygen atoms in total. The Kier molecular flexibility index (Phi) is 4.07. The van der Waals surface area contributed by atoms with Gasteiger partial charge in [-0.05, 0) is 13.1 Å². The van der Waals surface area contributed by atoms with Crippen LogP contribution in [0.3, 0.4) is 0 Å². The van der Waals surface area contributed by atoms with Crippen LogP contribution in [0.5, 0.6) is 0 Å². The van der Waals surface area contributed by atoms with Crippen LogP contribution in [0.2, 0.25) is 0 Å². The standard InChI is InChI=1S/C8H7N2.CH3.V/c1-7-3-2-4-8-5-6-9-10(7)8;;/h2-4,6H,1H3;1H3;/q2*-1;+2. The zero-order valence-electron chi connectivity index (χ0n) is 7.15. The van der Waals surface area contributed by atoms with Crippen molar-refractivity contribution in [2.45, 2.75) is 6.92 Å². The molecule has 61 valence electrons. The predicted octanol–water partition coefficient (Wildman–Crippen LogP) is 1.89. The number of hydrogen-bond donors (Lipinski definition) is 0. The number of rotatable bonds is 0. The van der Waals surface area contributed by atoms with Gasteiger partial charge in [0.2, 0.25) is 0 Å². The van der Waals surface area contributed by atoms with Crippen molar-refractivity contribution in [3.63, 3.8) is 0 Å². The number of nitrogens with zero attached hydrogens (tertiary/aromatic N) is 2. The van der Waals surface area contributed by atoms with Gasteiger partial charge in [0.25, 0.3) is 0 Å². The Balaban J connectivity index is 0.000000605. The van der Waals surface area contributed by atoms with E-state index in [1.54, 1.807) is 6.20 Å². The van der Waals surface area contributed by atoms with Crippen LogP contribution < -0.4 is 0 Å². The van der Waals surface area contributed by atoms with Crippen molar-refractivity contribution < 1.29 is 18.6 Å². The van der Waals surface area contributed by atoms with Gasteiger partial charge in [-0.15, -0.1) is 11.6 Å². The van der Waals surface area contributed by atoms with Crippen molar-refractivity contribution >= 4 is 5.52 Å². The molecule has 2 heterocycles. The van der Waals surface area contributed by atoms with Crippen LogP contribution in [0.25, 0.3) is 5.52 Å². The van der Waals surface area contributed by atoms with E-state index in [-0.39, 0.29) is 26.0 Å². The normalized spacial score (nSPS) is 8.75. The molecule has 2 aromatic rings. The Morgan fingerprint density at radius 2 is 2.17 bits per heavy atom. The molecule has 12 heavy (non-hydrogen) atoms. The van der Waals surface area contributed by atoms with Crippen LogP contribution in [-0.4, -0.2) is 9.61 Å². The molecule has 0 saturated carbocycles. The van der Waals surface area contributed by atoms with Gasteiger partial charge in [-0.25, -0.2) is 6.07 Å². The van der Waals surface area contributed by atoms with Crippen LogP contribution in [0.15, 0.2) is 24.4 Å². The maximum Gasteiger partial charge on any atom is 2.00 e. The smallest absolute Gasteiger partial charge is 0.358 e. The van der Waals surface area contributed by atoms with E-state index < -0.39 is 0 Å². The van der Waals surface area contributed by atoms with Crippen molar-refractivity contribution in [2.75, 3.05) is 0 Å². The van der Waals surface area contributed by atoms with E-state index in [0.29, 0.717) is 0 Å². The number of fused-ring (bicyclic) bond motifs is 1. The van der Waals surface area contributed by atoms with E-state index in [4.69, 9.17) is 0 Å². The monoisotopic (exact) mass is 197 g/mol. The molecule has 0 aliphatic rings. The molecule has 0 aliphatic carbocycles. The van der Waals surface area contributed by atoms with Crippen LogP contribution in [0, 0.1) is 20.4 Å². The van der Waals surface area contributed by atoms with Gasteiger partial charge in [0.05, 0.1) is 0 Å². The SMILES string of the molecule is Cc1cccc2[c-]cnn12.[CH3-].[V+2]. The first kappa shape index (κ1) is 11.3. The summed E-state index contributed by atoms with van der Waals surface area (Å²) in [5, 5.41) is 4.08. The Bertz CT molecular complexity index is 354. The summed E-state index contributed by atoms with van der Waals surface area (Å²) in [5.41, 5.74) is 2.17. The maximum absolute atomic E-state index is 4.08. The molecular weight excluding hydrogens is 187 g/mol. The summed E-state index contributed by atoms with van der Waals surface area (Å²) in [5.74, 6) is 0. The second-order valence-corrected chi connectivity index (χ2v) is 2.25. The van der Waals surface area contributed by atoms with Crippen molar-refractivity contribution in [1.82, 2.24) is 9.61 Å². The fourth-order valence-corrected chi connectivity index (χ4v) is 1.02. The zero-order valence-corrected chi connectivity index (χ0v) is 8.55. The second-order valence-electron chi connectivity index (χ2n) is 2.25. The van der Waals surface area contributed by atoms with E-state index in [9.17, 15) is 0 Å². The molecule has 0 bridgehead atoms. The molecule has 2 aromatic heterocycles.